The highest BCUT2D eigenvalue weighted by molar-refractivity contribution is 7.99. The Hall–Kier alpha value is -2.25. The minimum absolute atomic E-state index is 0.120. The summed E-state index contributed by atoms with van der Waals surface area (Å²) in [5, 5.41) is 0. The molecule has 1 amide bonds. The lowest BCUT2D eigenvalue weighted by Gasteiger charge is -2.19. The van der Waals surface area contributed by atoms with Crippen LogP contribution in [0.5, 0.6) is 11.5 Å². The summed E-state index contributed by atoms with van der Waals surface area (Å²) in [7, 11) is 1.62. The zero-order valence-electron chi connectivity index (χ0n) is 17.0. The molecular formula is C23H26FNO4S. The number of hydrogen-bond donors (Lipinski definition) is 0. The Bertz CT molecular complexity index is 887. The Balaban J connectivity index is 1.36. The molecular weight excluding hydrogens is 405 g/mol. The molecule has 2 aromatic carbocycles. The van der Waals surface area contributed by atoms with Crippen molar-refractivity contribution in [3.8, 4) is 11.5 Å². The fourth-order valence-electron chi connectivity index (χ4n) is 3.86. The average Bonchev–Trinajstić information content (AvgIpc) is 3.38. The van der Waals surface area contributed by atoms with E-state index in [9.17, 15) is 9.18 Å². The van der Waals surface area contributed by atoms with Crippen LogP contribution in [0.1, 0.15) is 30.7 Å². The van der Waals surface area contributed by atoms with E-state index in [2.05, 4.69) is 0 Å². The molecule has 2 fully saturated rings. The monoisotopic (exact) mass is 431 g/mol. The van der Waals surface area contributed by atoms with E-state index in [4.69, 9.17) is 14.2 Å². The van der Waals surface area contributed by atoms with Crippen molar-refractivity contribution in [3.63, 3.8) is 0 Å². The molecule has 0 saturated carbocycles. The summed E-state index contributed by atoms with van der Waals surface area (Å²) >= 11 is 1.56. The zero-order valence-corrected chi connectivity index (χ0v) is 17.8. The lowest BCUT2D eigenvalue weighted by molar-refractivity contribution is -0.127. The first-order valence-corrected chi connectivity index (χ1v) is 11.2. The molecule has 7 heteroatoms. The molecule has 0 spiro atoms. The van der Waals surface area contributed by atoms with Crippen LogP contribution in [0.3, 0.4) is 0 Å². The Kier molecular flexibility index (Phi) is 6.79. The molecule has 2 aromatic rings. The number of thioether (sulfide) groups is 1. The van der Waals surface area contributed by atoms with Crippen LogP contribution in [0, 0.1) is 5.82 Å². The molecule has 1 unspecified atom stereocenters. The maximum Gasteiger partial charge on any atom is 0.223 e. The predicted octanol–water partition coefficient (Wildman–Crippen LogP) is 4.46. The molecule has 2 saturated heterocycles. The van der Waals surface area contributed by atoms with Gasteiger partial charge in [0.25, 0.3) is 0 Å². The van der Waals surface area contributed by atoms with Gasteiger partial charge >= 0.3 is 0 Å². The van der Waals surface area contributed by atoms with Crippen molar-refractivity contribution < 1.29 is 23.4 Å². The lowest BCUT2D eigenvalue weighted by atomic mass is 9.98. The molecule has 0 N–H and O–H groups in total. The second-order valence-corrected chi connectivity index (χ2v) is 8.69. The van der Waals surface area contributed by atoms with Gasteiger partial charge in [-0.25, -0.2) is 4.39 Å². The summed E-state index contributed by atoms with van der Waals surface area (Å²) in [5.41, 5.74) is 1.07. The second-order valence-electron chi connectivity index (χ2n) is 7.52. The van der Waals surface area contributed by atoms with Crippen molar-refractivity contribution in [2.75, 3.05) is 32.6 Å². The minimum Gasteiger partial charge on any atom is -0.493 e. The van der Waals surface area contributed by atoms with Crippen LogP contribution < -0.4 is 9.47 Å². The maximum atomic E-state index is 13.3. The molecule has 2 atom stereocenters. The highest BCUT2D eigenvalue weighted by Crippen LogP contribution is 2.36. The molecule has 0 aromatic heterocycles. The molecule has 4 rings (SSSR count). The van der Waals surface area contributed by atoms with Gasteiger partial charge in [0.15, 0.2) is 17.8 Å². The van der Waals surface area contributed by atoms with Crippen LogP contribution in [-0.2, 0) is 9.53 Å². The fraction of sp³-hybridized carbons (Fsp3) is 0.435. The second kappa shape index (κ2) is 9.71. The summed E-state index contributed by atoms with van der Waals surface area (Å²) in [6.45, 7) is 2.03. The largest absolute Gasteiger partial charge is 0.493 e. The van der Waals surface area contributed by atoms with Gasteiger partial charge in [-0.3, -0.25) is 4.79 Å². The van der Waals surface area contributed by atoms with Gasteiger partial charge in [0.2, 0.25) is 5.91 Å². The molecule has 30 heavy (non-hydrogen) atoms. The third kappa shape index (κ3) is 5.08. The van der Waals surface area contributed by atoms with Crippen LogP contribution >= 0.6 is 11.8 Å². The van der Waals surface area contributed by atoms with Crippen molar-refractivity contribution in [3.05, 3.63) is 53.8 Å². The van der Waals surface area contributed by atoms with Gasteiger partial charge in [-0.05, 0) is 42.3 Å². The van der Waals surface area contributed by atoms with E-state index in [0.717, 1.165) is 29.1 Å². The number of halogens is 1. The van der Waals surface area contributed by atoms with E-state index in [-0.39, 0.29) is 23.9 Å². The molecule has 2 aliphatic heterocycles. The van der Waals surface area contributed by atoms with Gasteiger partial charge in [0, 0.05) is 42.5 Å². The zero-order chi connectivity index (χ0) is 20.9. The molecule has 0 bridgehead atoms. The van der Waals surface area contributed by atoms with Crippen molar-refractivity contribution in [1.29, 1.82) is 0 Å². The van der Waals surface area contributed by atoms with Gasteiger partial charge in [-0.2, -0.15) is 0 Å². The predicted molar refractivity (Wildman–Crippen MR) is 114 cm³/mol. The Morgan fingerprint density at radius 1 is 1.23 bits per heavy atom. The molecule has 2 heterocycles. The third-order valence-corrected chi connectivity index (χ3v) is 6.42. The van der Waals surface area contributed by atoms with Gasteiger partial charge in [-0.1, -0.05) is 12.1 Å². The standard InChI is InChI=1S/C23H26FNO4S/c1-27-20-8-7-16(12-21(20)29-23-6-3-10-28-23)17-13-22(26)25(15-17)9-11-30-19-5-2-4-18(24)14-19/h2,4-5,7-8,12,14,17,23H,3,6,9-11,13,15H2,1H3/t17-,23?/m1/s1. The van der Waals surface area contributed by atoms with Crippen molar-refractivity contribution in [2.45, 2.75) is 36.4 Å². The number of carbonyl (C=O) groups excluding carboxylic acids is 1. The third-order valence-electron chi connectivity index (χ3n) is 5.45. The molecule has 5 nitrogen and oxygen atoms in total. The number of rotatable bonds is 8. The Morgan fingerprint density at radius 2 is 2.13 bits per heavy atom. The quantitative estimate of drug-likeness (QED) is 0.578. The molecule has 0 aliphatic carbocycles. The summed E-state index contributed by atoms with van der Waals surface area (Å²) < 4.78 is 30.3. The van der Waals surface area contributed by atoms with Crippen LogP contribution in [0.2, 0.25) is 0 Å². The summed E-state index contributed by atoms with van der Waals surface area (Å²) in [5.74, 6) is 2.10. The van der Waals surface area contributed by atoms with E-state index < -0.39 is 0 Å². The number of carbonyl (C=O) groups is 1. The fourth-order valence-corrected chi connectivity index (χ4v) is 4.78. The topological polar surface area (TPSA) is 48.0 Å². The number of nitrogens with zero attached hydrogens (tertiary/aromatic N) is 1. The summed E-state index contributed by atoms with van der Waals surface area (Å²) in [6.07, 6.45) is 2.10. The average molecular weight is 432 g/mol. The van der Waals surface area contributed by atoms with Crippen molar-refractivity contribution in [2.24, 2.45) is 0 Å². The molecule has 0 radical (unpaired) electrons. The minimum atomic E-state index is -0.240. The van der Waals surface area contributed by atoms with E-state index >= 15 is 0 Å². The van der Waals surface area contributed by atoms with Crippen LogP contribution in [0.15, 0.2) is 47.4 Å². The van der Waals surface area contributed by atoms with Crippen molar-refractivity contribution >= 4 is 17.7 Å². The first kappa shape index (κ1) is 21.0. The molecule has 2 aliphatic rings. The van der Waals surface area contributed by atoms with E-state index in [1.54, 1.807) is 24.9 Å². The van der Waals surface area contributed by atoms with Crippen LogP contribution in [0.25, 0.3) is 0 Å². The van der Waals surface area contributed by atoms with Gasteiger partial charge in [0.05, 0.1) is 13.7 Å². The number of amides is 1. The molecule has 160 valence electrons. The Morgan fingerprint density at radius 3 is 2.90 bits per heavy atom. The van der Waals surface area contributed by atoms with E-state index in [1.165, 1.54) is 12.1 Å². The summed E-state index contributed by atoms with van der Waals surface area (Å²) in [4.78, 5) is 15.3. The van der Waals surface area contributed by atoms with E-state index in [1.807, 2.05) is 29.2 Å². The van der Waals surface area contributed by atoms with Crippen molar-refractivity contribution in [1.82, 2.24) is 4.90 Å². The number of methoxy groups -OCH3 is 1. The normalized spacial score (nSPS) is 21.3. The number of ether oxygens (including phenoxy) is 3. The highest BCUT2D eigenvalue weighted by Gasteiger charge is 2.31. The smallest absolute Gasteiger partial charge is 0.223 e. The lowest BCUT2D eigenvalue weighted by Crippen LogP contribution is -2.27. The van der Waals surface area contributed by atoms with Crippen LogP contribution in [0.4, 0.5) is 4.39 Å². The van der Waals surface area contributed by atoms with Gasteiger partial charge in [-0.15, -0.1) is 11.8 Å². The van der Waals surface area contributed by atoms with Gasteiger partial charge in [0.1, 0.15) is 5.82 Å². The maximum absolute atomic E-state index is 13.3. The highest BCUT2D eigenvalue weighted by atomic mass is 32.2. The first-order chi connectivity index (χ1) is 14.6. The number of likely N-dealkylation sites (tertiary alicyclic amines) is 1. The van der Waals surface area contributed by atoms with Crippen LogP contribution in [-0.4, -0.2) is 49.7 Å². The number of hydrogen-bond acceptors (Lipinski definition) is 5. The summed E-state index contributed by atoms with van der Waals surface area (Å²) in [6, 6.07) is 12.4. The van der Waals surface area contributed by atoms with Gasteiger partial charge < -0.3 is 19.1 Å². The van der Waals surface area contributed by atoms with E-state index in [0.29, 0.717) is 37.6 Å². The SMILES string of the molecule is COc1ccc([C@@H]2CC(=O)N(CCSc3cccc(F)c3)C2)cc1OC1CCCO1. The number of benzene rings is 2. The first-order valence-electron chi connectivity index (χ1n) is 10.2. The Labute approximate surface area is 180 Å².